The molecule has 2 aromatic heterocycles. The van der Waals surface area contributed by atoms with Crippen LogP contribution in [0.5, 0.6) is 5.75 Å². The number of H-pyrrole nitrogens is 1. The number of alkyl halides is 3. The lowest BCUT2D eigenvalue weighted by Gasteiger charge is -2.12. The Hall–Kier alpha value is -2.88. The second-order valence-corrected chi connectivity index (χ2v) is 6.11. The summed E-state index contributed by atoms with van der Waals surface area (Å²) in [6.07, 6.45) is -4.48. The van der Waals surface area contributed by atoms with Crippen LogP contribution in [0.1, 0.15) is 30.0 Å². The molecule has 0 aliphatic rings. The van der Waals surface area contributed by atoms with Crippen LogP contribution in [0.3, 0.4) is 0 Å². The summed E-state index contributed by atoms with van der Waals surface area (Å²) in [5.74, 6) is 0.226. The number of amides is 1. The number of hydrogen-bond acceptors (Lipinski definition) is 5. The number of halogens is 3. The number of rotatable bonds is 6. The van der Waals surface area contributed by atoms with Gasteiger partial charge in [0.15, 0.2) is 12.4 Å². The number of para-hydroxylation sites is 1. The first kappa shape index (κ1) is 21.4. The normalized spacial score (nSPS) is 10.8. The number of carbonyl (C=O) groups is 1. The van der Waals surface area contributed by atoms with Crippen molar-refractivity contribution in [2.45, 2.75) is 26.6 Å². The van der Waals surface area contributed by atoms with E-state index < -0.39 is 18.7 Å². The largest absolute Gasteiger partial charge is 0.483 e. The van der Waals surface area contributed by atoms with Crippen LogP contribution in [-0.2, 0) is 6.54 Å². The van der Waals surface area contributed by atoms with Crippen LogP contribution in [0.2, 0.25) is 0 Å². The van der Waals surface area contributed by atoms with Gasteiger partial charge in [-0.15, -0.1) is 11.3 Å². The lowest BCUT2D eigenvalue weighted by molar-refractivity contribution is -0.153. The van der Waals surface area contributed by atoms with Crippen LogP contribution in [0.4, 0.5) is 13.2 Å². The Labute approximate surface area is 163 Å². The standard InChI is InChI=1S/C16H13F3N4O2S.C2H6/c17-16(18,19)9-25-11-5-2-1-4-10(11)15(24)20-8-13-21-14(23-22-13)12-6-3-7-26-12;1-2/h1-7H,8-9H2,(H,20,24)(H,21,22,23);1-2H3. The number of aromatic amines is 1. The Morgan fingerprint density at radius 1 is 1.21 bits per heavy atom. The van der Waals surface area contributed by atoms with E-state index >= 15 is 0 Å². The van der Waals surface area contributed by atoms with Crippen LogP contribution in [0.25, 0.3) is 10.7 Å². The van der Waals surface area contributed by atoms with Crippen molar-refractivity contribution >= 4 is 17.2 Å². The van der Waals surface area contributed by atoms with Crippen LogP contribution >= 0.6 is 11.3 Å². The molecule has 0 atom stereocenters. The average molecular weight is 412 g/mol. The molecule has 0 fully saturated rings. The zero-order chi connectivity index (χ0) is 20.6. The summed E-state index contributed by atoms with van der Waals surface area (Å²) in [6, 6.07) is 9.47. The predicted molar refractivity (Wildman–Crippen MR) is 100 cm³/mol. The molecule has 0 radical (unpaired) electrons. The van der Waals surface area contributed by atoms with Crippen molar-refractivity contribution < 1.29 is 22.7 Å². The lowest BCUT2D eigenvalue weighted by atomic mass is 10.2. The Balaban J connectivity index is 0.00000136. The molecule has 0 aliphatic heterocycles. The minimum atomic E-state index is -4.48. The van der Waals surface area contributed by atoms with E-state index in [1.165, 1.54) is 29.5 Å². The summed E-state index contributed by atoms with van der Waals surface area (Å²) < 4.78 is 41.7. The molecule has 2 heterocycles. The summed E-state index contributed by atoms with van der Waals surface area (Å²) >= 11 is 1.48. The van der Waals surface area contributed by atoms with Gasteiger partial charge in [-0.25, -0.2) is 4.98 Å². The van der Waals surface area contributed by atoms with Crippen molar-refractivity contribution in [2.75, 3.05) is 6.61 Å². The van der Waals surface area contributed by atoms with Crippen molar-refractivity contribution in [3.05, 3.63) is 53.2 Å². The van der Waals surface area contributed by atoms with E-state index in [1.54, 1.807) is 6.07 Å². The van der Waals surface area contributed by atoms with Gasteiger partial charge in [0.05, 0.1) is 17.0 Å². The van der Waals surface area contributed by atoms with Gasteiger partial charge in [-0.05, 0) is 23.6 Å². The molecular weight excluding hydrogens is 393 g/mol. The Morgan fingerprint density at radius 3 is 2.64 bits per heavy atom. The van der Waals surface area contributed by atoms with Gasteiger partial charge >= 0.3 is 6.18 Å². The van der Waals surface area contributed by atoms with Gasteiger partial charge in [0, 0.05) is 0 Å². The summed E-state index contributed by atoms with van der Waals surface area (Å²) in [7, 11) is 0. The highest BCUT2D eigenvalue weighted by atomic mass is 32.1. The number of benzene rings is 1. The number of nitrogens with zero attached hydrogens (tertiary/aromatic N) is 2. The van der Waals surface area contributed by atoms with E-state index in [9.17, 15) is 18.0 Å². The summed E-state index contributed by atoms with van der Waals surface area (Å²) in [6.45, 7) is 2.58. The van der Waals surface area contributed by atoms with Gasteiger partial charge in [0.25, 0.3) is 5.91 Å². The van der Waals surface area contributed by atoms with Gasteiger partial charge < -0.3 is 10.1 Å². The smallest absolute Gasteiger partial charge is 0.422 e. The highest BCUT2D eigenvalue weighted by Gasteiger charge is 2.29. The maximum atomic E-state index is 12.3. The molecule has 0 spiro atoms. The third-order valence-corrected chi connectivity index (χ3v) is 4.08. The monoisotopic (exact) mass is 412 g/mol. The van der Waals surface area contributed by atoms with E-state index in [4.69, 9.17) is 4.74 Å². The molecule has 3 aromatic rings. The van der Waals surface area contributed by atoms with Gasteiger partial charge in [-0.3, -0.25) is 9.89 Å². The molecule has 0 unspecified atom stereocenters. The number of carbonyl (C=O) groups excluding carboxylic acids is 1. The summed E-state index contributed by atoms with van der Waals surface area (Å²) in [4.78, 5) is 17.4. The first-order valence-electron chi connectivity index (χ1n) is 8.44. The molecule has 10 heteroatoms. The zero-order valence-electron chi connectivity index (χ0n) is 15.2. The van der Waals surface area contributed by atoms with E-state index in [2.05, 4.69) is 20.5 Å². The second kappa shape index (κ2) is 9.88. The number of aromatic nitrogens is 3. The second-order valence-electron chi connectivity index (χ2n) is 5.17. The van der Waals surface area contributed by atoms with E-state index in [0.29, 0.717) is 11.6 Å². The Morgan fingerprint density at radius 2 is 1.96 bits per heavy atom. The minimum absolute atomic E-state index is 0.00902. The first-order valence-corrected chi connectivity index (χ1v) is 9.32. The van der Waals surface area contributed by atoms with Crippen molar-refractivity contribution in [2.24, 2.45) is 0 Å². The molecule has 0 aliphatic carbocycles. The van der Waals surface area contributed by atoms with Crippen molar-refractivity contribution in [3.63, 3.8) is 0 Å². The summed E-state index contributed by atoms with van der Waals surface area (Å²) in [5.41, 5.74) is 0.00902. The minimum Gasteiger partial charge on any atom is -0.483 e. The average Bonchev–Trinajstić information content (AvgIpc) is 3.37. The van der Waals surface area contributed by atoms with Crippen LogP contribution < -0.4 is 10.1 Å². The van der Waals surface area contributed by atoms with Gasteiger partial charge in [-0.2, -0.15) is 18.3 Å². The molecule has 0 bridgehead atoms. The van der Waals surface area contributed by atoms with Crippen LogP contribution in [-0.4, -0.2) is 33.9 Å². The third kappa shape index (κ3) is 6.08. The molecular formula is C18H19F3N4O2S. The fourth-order valence-electron chi connectivity index (χ4n) is 2.09. The quantitative estimate of drug-likeness (QED) is 0.628. The zero-order valence-corrected chi connectivity index (χ0v) is 16.0. The topological polar surface area (TPSA) is 79.9 Å². The molecule has 6 nitrogen and oxygen atoms in total. The molecule has 150 valence electrons. The highest BCUT2D eigenvalue weighted by molar-refractivity contribution is 7.13. The van der Waals surface area contributed by atoms with Gasteiger partial charge in [0.1, 0.15) is 11.6 Å². The molecule has 28 heavy (non-hydrogen) atoms. The number of thiophene rings is 1. The number of nitrogens with one attached hydrogen (secondary N) is 2. The van der Waals surface area contributed by atoms with Crippen molar-refractivity contribution in [3.8, 4) is 16.5 Å². The lowest BCUT2D eigenvalue weighted by Crippen LogP contribution is -2.25. The SMILES string of the molecule is CC.O=C(NCc1nc(-c2cccs2)n[nH]1)c1ccccc1OCC(F)(F)F. The predicted octanol–water partition coefficient (Wildman–Crippen LogP) is 4.43. The first-order chi connectivity index (χ1) is 13.4. The molecule has 0 saturated carbocycles. The maximum Gasteiger partial charge on any atom is 0.422 e. The van der Waals surface area contributed by atoms with Crippen LogP contribution in [0.15, 0.2) is 41.8 Å². The number of ether oxygens (including phenoxy) is 1. The molecule has 2 N–H and O–H groups in total. The fraction of sp³-hybridized carbons (Fsp3) is 0.278. The van der Waals surface area contributed by atoms with Gasteiger partial charge in [-0.1, -0.05) is 32.0 Å². The van der Waals surface area contributed by atoms with Crippen LogP contribution in [0, 0.1) is 0 Å². The molecule has 1 aromatic carbocycles. The Bertz CT molecular complexity index is 879. The van der Waals surface area contributed by atoms with Crippen molar-refractivity contribution in [1.82, 2.24) is 20.5 Å². The van der Waals surface area contributed by atoms with E-state index in [-0.39, 0.29) is 17.9 Å². The van der Waals surface area contributed by atoms with Gasteiger partial charge in [0.2, 0.25) is 0 Å². The number of hydrogen-bond donors (Lipinski definition) is 2. The van der Waals surface area contributed by atoms with E-state index in [0.717, 1.165) is 4.88 Å². The fourth-order valence-corrected chi connectivity index (χ4v) is 2.75. The van der Waals surface area contributed by atoms with Crippen molar-refractivity contribution in [1.29, 1.82) is 0 Å². The van der Waals surface area contributed by atoms with E-state index in [1.807, 2.05) is 31.4 Å². The highest BCUT2D eigenvalue weighted by Crippen LogP contribution is 2.23. The molecule has 3 rings (SSSR count). The maximum absolute atomic E-state index is 12.3. The molecule has 0 saturated heterocycles. The third-order valence-electron chi connectivity index (χ3n) is 3.21. The summed E-state index contributed by atoms with van der Waals surface area (Å²) in [5, 5.41) is 11.2. The Kier molecular flexibility index (Phi) is 7.56. The molecule has 1 amide bonds.